The van der Waals surface area contributed by atoms with E-state index in [-0.39, 0.29) is 5.91 Å². The highest BCUT2D eigenvalue weighted by Gasteiger charge is 2.32. The molecule has 5 rings (SSSR count). The van der Waals surface area contributed by atoms with Crippen LogP contribution in [0.3, 0.4) is 0 Å². The van der Waals surface area contributed by atoms with Crippen molar-refractivity contribution in [3.63, 3.8) is 0 Å². The summed E-state index contributed by atoms with van der Waals surface area (Å²) in [7, 11) is 0. The van der Waals surface area contributed by atoms with Crippen LogP contribution in [-0.2, 0) is 4.79 Å². The van der Waals surface area contributed by atoms with Gasteiger partial charge in [-0.3, -0.25) is 9.69 Å². The summed E-state index contributed by atoms with van der Waals surface area (Å²) >= 11 is 0. The van der Waals surface area contributed by atoms with Crippen LogP contribution in [-0.4, -0.2) is 11.7 Å². The minimum absolute atomic E-state index is 0.163. The van der Waals surface area contributed by atoms with Crippen LogP contribution in [0, 0.1) is 0 Å². The zero-order valence-corrected chi connectivity index (χ0v) is 17.3. The van der Waals surface area contributed by atoms with E-state index in [4.69, 9.17) is 9.73 Å². The van der Waals surface area contributed by atoms with Gasteiger partial charge in [0.25, 0.3) is 5.91 Å². The summed E-state index contributed by atoms with van der Waals surface area (Å²) in [5.74, 6) is 1.91. The number of anilines is 1. The van der Waals surface area contributed by atoms with Crippen molar-refractivity contribution in [2.45, 2.75) is 0 Å². The molecular weight excluding hydrogens is 396 g/mol. The number of aliphatic imine (C=N–C) groups is 1. The Morgan fingerprint density at radius 1 is 0.688 bits per heavy atom. The lowest BCUT2D eigenvalue weighted by molar-refractivity contribution is -0.113. The van der Waals surface area contributed by atoms with E-state index in [1.54, 1.807) is 11.0 Å². The molecule has 0 atom stereocenters. The Bertz CT molecular complexity index is 1300. The Morgan fingerprint density at radius 2 is 1.31 bits per heavy atom. The molecule has 0 saturated carbocycles. The molecule has 0 fully saturated rings. The first-order valence-corrected chi connectivity index (χ1v) is 10.4. The molecule has 0 aliphatic carbocycles. The third-order valence-electron chi connectivity index (χ3n) is 5.05. The molecule has 0 saturated heterocycles. The van der Waals surface area contributed by atoms with Gasteiger partial charge in [-0.2, -0.15) is 0 Å². The fourth-order valence-corrected chi connectivity index (χ4v) is 3.56. The number of carbonyl (C=O) groups excluding carboxylic acids is 1. The molecule has 1 heterocycles. The molecule has 4 aromatic rings. The van der Waals surface area contributed by atoms with Crippen molar-refractivity contribution in [2.75, 3.05) is 4.90 Å². The highest BCUT2D eigenvalue weighted by atomic mass is 16.5. The predicted molar refractivity (Wildman–Crippen MR) is 128 cm³/mol. The van der Waals surface area contributed by atoms with E-state index in [0.717, 1.165) is 22.6 Å². The maximum atomic E-state index is 13.4. The number of nitrogens with zero attached hydrogens (tertiary/aromatic N) is 2. The summed E-state index contributed by atoms with van der Waals surface area (Å²) in [6.07, 6.45) is 1.80. The molecule has 1 aliphatic heterocycles. The summed E-state index contributed by atoms with van der Waals surface area (Å²) in [4.78, 5) is 19.8. The number of benzene rings is 4. The van der Waals surface area contributed by atoms with E-state index in [1.807, 2.05) is 115 Å². The maximum Gasteiger partial charge on any atom is 0.282 e. The molecule has 0 aromatic heterocycles. The number of hydrogen-bond donors (Lipinski definition) is 0. The Morgan fingerprint density at radius 3 is 2.03 bits per heavy atom. The van der Waals surface area contributed by atoms with Crippen molar-refractivity contribution in [1.29, 1.82) is 0 Å². The van der Waals surface area contributed by atoms with E-state index >= 15 is 0 Å². The lowest BCUT2D eigenvalue weighted by Gasteiger charge is -2.18. The van der Waals surface area contributed by atoms with Crippen molar-refractivity contribution in [1.82, 2.24) is 0 Å². The predicted octanol–water partition coefficient (Wildman–Crippen LogP) is 6.31. The Kier molecular flexibility index (Phi) is 5.33. The van der Waals surface area contributed by atoms with Crippen LogP contribution in [0.1, 0.15) is 11.1 Å². The molecule has 0 N–H and O–H groups in total. The van der Waals surface area contributed by atoms with Gasteiger partial charge in [-0.15, -0.1) is 0 Å². The first kappa shape index (κ1) is 19.5. The molecule has 0 bridgehead atoms. The standard InChI is InChI=1S/C28H20N2O2/c31-28-26(20-21-11-10-18-25(19-21)32-24-16-8-3-9-17-24)29-27(22-12-4-1-5-13-22)30(28)23-14-6-2-7-15-23/h1-20H/b26-20+. The first-order chi connectivity index (χ1) is 15.8. The van der Waals surface area contributed by atoms with Crippen molar-refractivity contribution in [2.24, 2.45) is 4.99 Å². The molecule has 4 heteroatoms. The van der Waals surface area contributed by atoms with Crippen molar-refractivity contribution < 1.29 is 9.53 Å². The summed E-state index contributed by atoms with van der Waals surface area (Å²) in [6.45, 7) is 0. The fraction of sp³-hybridized carbons (Fsp3) is 0. The third kappa shape index (κ3) is 4.07. The molecule has 4 nitrogen and oxygen atoms in total. The van der Waals surface area contributed by atoms with Crippen LogP contribution >= 0.6 is 0 Å². The number of amides is 1. The molecule has 4 aromatic carbocycles. The molecule has 154 valence electrons. The molecule has 1 aliphatic rings. The second-order valence-electron chi connectivity index (χ2n) is 7.29. The molecule has 32 heavy (non-hydrogen) atoms. The molecular formula is C28H20N2O2. The first-order valence-electron chi connectivity index (χ1n) is 10.4. The van der Waals surface area contributed by atoms with E-state index in [0.29, 0.717) is 17.3 Å². The number of carbonyl (C=O) groups is 1. The highest BCUT2D eigenvalue weighted by Crippen LogP contribution is 2.29. The average Bonchev–Trinajstić information content (AvgIpc) is 3.17. The van der Waals surface area contributed by atoms with Gasteiger partial charge in [0.2, 0.25) is 0 Å². The second-order valence-corrected chi connectivity index (χ2v) is 7.29. The number of para-hydroxylation sites is 2. The summed E-state index contributed by atoms with van der Waals surface area (Å²) in [5, 5.41) is 0. The van der Waals surface area contributed by atoms with Crippen molar-refractivity contribution >= 4 is 23.5 Å². The topological polar surface area (TPSA) is 41.9 Å². The Balaban J connectivity index is 1.51. The van der Waals surface area contributed by atoms with Gasteiger partial charge in [0.1, 0.15) is 23.0 Å². The van der Waals surface area contributed by atoms with Gasteiger partial charge in [-0.1, -0.05) is 78.9 Å². The largest absolute Gasteiger partial charge is 0.457 e. The van der Waals surface area contributed by atoms with Gasteiger partial charge in [0.15, 0.2) is 0 Å². The minimum Gasteiger partial charge on any atom is -0.457 e. The van der Waals surface area contributed by atoms with Crippen LogP contribution in [0.25, 0.3) is 6.08 Å². The van der Waals surface area contributed by atoms with E-state index in [1.165, 1.54) is 0 Å². The van der Waals surface area contributed by atoms with Crippen LogP contribution in [0.5, 0.6) is 11.5 Å². The Hall–Kier alpha value is -4.44. The fourth-order valence-electron chi connectivity index (χ4n) is 3.56. The van der Waals surface area contributed by atoms with Gasteiger partial charge in [-0.25, -0.2) is 4.99 Å². The lowest BCUT2D eigenvalue weighted by atomic mass is 10.1. The maximum absolute atomic E-state index is 13.4. The molecule has 0 unspecified atom stereocenters. The van der Waals surface area contributed by atoms with Gasteiger partial charge in [0.05, 0.1) is 5.69 Å². The molecule has 0 radical (unpaired) electrons. The smallest absolute Gasteiger partial charge is 0.282 e. The Labute approximate surface area is 186 Å². The summed E-state index contributed by atoms with van der Waals surface area (Å²) in [5.41, 5.74) is 2.89. The average molecular weight is 416 g/mol. The van der Waals surface area contributed by atoms with Crippen LogP contribution in [0.2, 0.25) is 0 Å². The van der Waals surface area contributed by atoms with Crippen molar-refractivity contribution in [3.8, 4) is 11.5 Å². The van der Waals surface area contributed by atoms with Gasteiger partial charge in [0, 0.05) is 5.56 Å². The zero-order chi connectivity index (χ0) is 21.8. The number of amidine groups is 1. The van der Waals surface area contributed by atoms with Gasteiger partial charge in [-0.05, 0) is 48.0 Å². The van der Waals surface area contributed by atoms with Crippen LogP contribution in [0.4, 0.5) is 5.69 Å². The minimum atomic E-state index is -0.163. The van der Waals surface area contributed by atoms with Crippen LogP contribution in [0.15, 0.2) is 126 Å². The van der Waals surface area contributed by atoms with E-state index in [9.17, 15) is 4.79 Å². The lowest BCUT2D eigenvalue weighted by Crippen LogP contribution is -2.32. The number of rotatable bonds is 5. The normalized spacial score (nSPS) is 14.5. The van der Waals surface area contributed by atoms with E-state index in [2.05, 4.69) is 0 Å². The highest BCUT2D eigenvalue weighted by molar-refractivity contribution is 6.33. The van der Waals surface area contributed by atoms with Gasteiger partial charge >= 0.3 is 0 Å². The monoisotopic (exact) mass is 416 g/mol. The summed E-state index contributed by atoms with van der Waals surface area (Å²) < 4.78 is 5.93. The summed E-state index contributed by atoms with van der Waals surface area (Å²) in [6, 6.07) is 36.6. The van der Waals surface area contributed by atoms with Crippen molar-refractivity contribution in [3.05, 3.63) is 132 Å². The zero-order valence-electron chi connectivity index (χ0n) is 17.3. The quantitative estimate of drug-likeness (QED) is 0.358. The number of hydrogen-bond acceptors (Lipinski definition) is 3. The van der Waals surface area contributed by atoms with Gasteiger partial charge < -0.3 is 4.74 Å². The number of ether oxygens (including phenoxy) is 1. The molecule has 1 amide bonds. The van der Waals surface area contributed by atoms with Crippen LogP contribution < -0.4 is 9.64 Å². The second kappa shape index (κ2) is 8.74. The third-order valence-corrected chi connectivity index (χ3v) is 5.05. The van der Waals surface area contributed by atoms with E-state index < -0.39 is 0 Å². The molecule has 0 spiro atoms. The SMILES string of the molecule is O=C1/C(=C\c2cccc(Oc3ccccc3)c2)N=C(c2ccccc2)N1c1ccccc1.